The van der Waals surface area contributed by atoms with E-state index in [1.54, 1.807) is 24.3 Å². The fourth-order valence-electron chi connectivity index (χ4n) is 2.89. The Kier molecular flexibility index (Phi) is 4.67. The van der Waals surface area contributed by atoms with Crippen LogP contribution in [0.3, 0.4) is 0 Å². The highest BCUT2D eigenvalue weighted by atomic mass is 19.4. The summed E-state index contributed by atoms with van der Waals surface area (Å²) in [4.78, 5) is 12.6. The summed E-state index contributed by atoms with van der Waals surface area (Å²) in [6.07, 6.45) is -4.04. The van der Waals surface area contributed by atoms with Gasteiger partial charge in [0.15, 0.2) is 0 Å². The number of ether oxygens (including phenoxy) is 1. The van der Waals surface area contributed by atoms with Crippen molar-refractivity contribution in [3.05, 3.63) is 59.2 Å². The van der Waals surface area contributed by atoms with E-state index in [0.717, 1.165) is 17.7 Å². The van der Waals surface area contributed by atoms with Gasteiger partial charge in [-0.1, -0.05) is 18.2 Å². The third-order valence-corrected chi connectivity index (χ3v) is 4.10. The van der Waals surface area contributed by atoms with Gasteiger partial charge in [-0.25, -0.2) is 0 Å². The molecule has 3 N–H and O–H groups in total. The van der Waals surface area contributed by atoms with Gasteiger partial charge in [0.25, 0.3) is 0 Å². The minimum atomic E-state index is -4.50. The molecule has 0 saturated heterocycles. The third-order valence-electron chi connectivity index (χ3n) is 4.10. The summed E-state index contributed by atoms with van der Waals surface area (Å²) in [5, 5.41) is 2.59. The summed E-state index contributed by atoms with van der Waals surface area (Å²) in [6.45, 7) is 0.332. The first-order valence-electron chi connectivity index (χ1n) is 7.82. The lowest BCUT2D eigenvalue weighted by molar-refractivity contribution is -0.137. The van der Waals surface area contributed by atoms with Crippen LogP contribution in [0.1, 0.15) is 29.0 Å². The van der Waals surface area contributed by atoms with Gasteiger partial charge in [0.2, 0.25) is 5.91 Å². The van der Waals surface area contributed by atoms with Crippen molar-refractivity contribution in [2.45, 2.75) is 25.1 Å². The molecule has 25 heavy (non-hydrogen) atoms. The molecule has 1 amide bonds. The summed E-state index contributed by atoms with van der Waals surface area (Å²) < 4.78 is 44.5. The van der Waals surface area contributed by atoms with Gasteiger partial charge in [0.1, 0.15) is 5.75 Å². The summed E-state index contributed by atoms with van der Waals surface area (Å²) in [5.74, 6) is -0.209. The number of benzene rings is 2. The molecule has 0 spiro atoms. The second-order valence-electron chi connectivity index (χ2n) is 5.84. The van der Waals surface area contributed by atoms with Crippen molar-refractivity contribution in [3.63, 3.8) is 0 Å². The Labute approximate surface area is 142 Å². The predicted molar refractivity (Wildman–Crippen MR) is 87.3 cm³/mol. The summed E-state index contributed by atoms with van der Waals surface area (Å²) in [7, 11) is 0. The van der Waals surface area contributed by atoms with E-state index >= 15 is 0 Å². The van der Waals surface area contributed by atoms with E-state index in [0.29, 0.717) is 24.3 Å². The summed E-state index contributed by atoms with van der Waals surface area (Å²) in [6, 6.07) is 10.5. The van der Waals surface area contributed by atoms with Crippen LogP contribution < -0.4 is 15.8 Å². The predicted octanol–water partition coefficient (Wildman–Crippen LogP) is 3.67. The van der Waals surface area contributed by atoms with Crippen LogP contribution in [0.4, 0.5) is 18.9 Å². The normalized spacial score (nSPS) is 16.7. The highest BCUT2D eigenvalue weighted by Gasteiger charge is 2.32. The van der Waals surface area contributed by atoms with Crippen molar-refractivity contribution >= 4 is 11.6 Å². The molecule has 1 heterocycles. The van der Waals surface area contributed by atoms with Gasteiger partial charge >= 0.3 is 6.18 Å². The number of nitrogens with two attached hydrogens (primary N) is 1. The fourth-order valence-corrected chi connectivity index (χ4v) is 2.89. The topological polar surface area (TPSA) is 64.3 Å². The Bertz CT molecular complexity index is 790. The smallest absolute Gasteiger partial charge is 0.416 e. The Morgan fingerprint density at radius 2 is 2.00 bits per heavy atom. The first-order valence-corrected chi connectivity index (χ1v) is 7.82. The van der Waals surface area contributed by atoms with Gasteiger partial charge in [-0.2, -0.15) is 13.2 Å². The van der Waals surface area contributed by atoms with Crippen molar-refractivity contribution in [1.29, 1.82) is 0 Å². The number of amides is 1. The Balaban J connectivity index is 1.87. The average Bonchev–Trinajstić information content (AvgIpc) is 2.60. The van der Waals surface area contributed by atoms with E-state index < -0.39 is 17.7 Å². The highest BCUT2D eigenvalue weighted by Crippen LogP contribution is 2.35. The molecule has 0 bridgehead atoms. The van der Waals surface area contributed by atoms with Gasteiger partial charge in [0, 0.05) is 17.8 Å². The number of nitrogens with one attached hydrogen (secondary N) is 1. The van der Waals surface area contributed by atoms with E-state index in [9.17, 15) is 18.0 Å². The SMILES string of the molecule is NCc1cc(NC(=O)C2CCOc3ccccc32)cc(C(F)(F)F)c1. The molecule has 2 aromatic carbocycles. The van der Waals surface area contributed by atoms with Gasteiger partial charge in [0.05, 0.1) is 18.1 Å². The van der Waals surface area contributed by atoms with Gasteiger partial charge in [-0.05, 0) is 36.2 Å². The number of para-hydroxylation sites is 1. The van der Waals surface area contributed by atoms with Crippen molar-refractivity contribution in [3.8, 4) is 5.75 Å². The molecular formula is C18H17F3N2O2. The number of anilines is 1. The molecule has 0 aromatic heterocycles. The van der Waals surface area contributed by atoms with Crippen LogP contribution in [0.2, 0.25) is 0 Å². The first-order chi connectivity index (χ1) is 11.9. The van der Waals surface area contributed by atoms with Crippen molar-refractivity contribution in [2.24, 2.45) is 5.73 Å². The first kappa shape index (κ1) is 17.3. The van der Waals surface area contributed by atoms with Crippen LogP contribution in [0.5, 0.6) is 5.75 Å². The van der Waals surface area contributed by atoms with Crippen LogP contribution in [-0.2, 0) is 17.5 Å². The summed E-state index contributed by atoms with van der Waals surface area (Å²) >= 11 is 0. The molecule has 0 fully saturated rings. The molecule has 3 rings (SSSR count). The number of fused-ring (bicyclic) bond motifs is 1. The number of carbonyl (C=O) groups excluding carboxylic acids is 1. The minimum absolute atomic E-state index is 0.0487. The van der Waals surface area contributed by atoms with E-state index in [1.165, 1.54) is 6.07 Å². The Morgan fingerprint density at radius 1 is 1.24 bits per heavy atom. The number of alkyl halides is 3. The molecule has 0 radical (unpaired) electrons. The van der Waals surface area contributed by atoms with Gasteiger partial charge < -0.3 is 15.8 Å². The quantitative estimate of drug-likeness (QED) is 0.888. The Hall–Kier alpha value is -2.54. The molecule has 1 aliphatic rings. The number of carbonyl (C=O) groups is 1. The largest absolute Gasteiger partial charge is 0.493 e. The minimum Gasteiger partial charge on any atom is -0.493 e. The fraction of sp³-hybridized carbons (Fsp3) is 0.278. The second kappa shape index (κ2) is 6.76. The molecule has 1 atom stereocenters. The van der Waals surface area contributed by atoms with E-state index in [4.69, 9.17) is 10.5 Å². The van der Waals surface area contributed by atoms with Crippen molar-refractivity contribution in [2.75, 3.05) is 11.9 Å². The third kappa shape index (κ3) is 3.76. The highest BCUT2D eigenvalue weighted by molar-refractivity contribution is 5.96. The molecule has 2 aromatic rings. The van der Waals surface area contributed by atoms with Crippen LogP contribution in [0.25, 0.3) is 0 Å². The number of halogens is 3. The lowest BCUT2D eigenvalue weighted by atomic mass is 9.92. The van der Waals surface area contributed by atoms with Crippen LogP contribution in [-0.4, -0.2) is 12.5 Å². The molecule has 0 saturated carbocycles. The van der Waals surface area contributed by atoms with E-state index in [2.05, 4.69) is 5.32 Å². The van der Waals surface area contributed by atoms with Gasteiger partial charge in [-0.15, -0.1) is 0 Å². The zero-order valence-corrected chi connectivity index (χ0v) is 13.3. The number of hydrogen-bond acceptors (Lipinski definition) is 3. The molecule has 7 heteroatoms. The molecule has 1 aliphatic heterocycles. The van der Waals surface area contributed by atoms with Crippen LogP contribution >= 0.6 is 0 Å². The molecule has 1 unspecified atom stereocenters. The molecule has 132 valence electrons. The zero-order chi connectivity index (χ0) is 18.0. The maximum Gasteiger partial charge on any atom is 0.416 e. The Morgan fingerprint density at radius 3 is 2.72 bits per heavy atom. The number of rotatable bonds is 3. The van der Waals surface area contributed by atoms with Crippen LogP contribution in [0.15, 0.2) is 42.5 Å². The van der Waals surface area contributed by atoms with Crippen LogP contribution in [0, 0.1) is 0 Å². The van der Waals surface area contributed by atoms with Crippen molar-refractivity contribution < 1.29 is 22.7 Å². The maximum atomic E-state index is 13.0. The molecule has 4 nitrogen and oxygen atoms in total. The molecular weight excluding hydrogens is 333 g/mol. The zero-order valence-electron chi connectivity index (χ0n) is 13.3. The van der Waals surface area contributed by atoms with Crippen molar-refractivity contribution in [1.82, 2.24) is 0 Å². The average molecular weight is 350 g/mol. The molecule has 0 aliphatic carbocycles. The lowest BCUT2D eigenvalue weighted by Crippen LogP contribution is -2.26. The monoisotopic (exact) mass is 350 g/mol. The van der Waals surface area contributed by atoms with E-state index in [1.807, 2.05) is 0 Å². The second-order valence-corrected chi connectivity index (χ2v) is 5.84. The maximum absolute atomic E-state index is 13.0. The number of hydrogen-bond donors (Lipinski definition) is 2. The van der Waals surface area contributed by atoms with Gasteiger partial charge in [-0.3, -0.25) is 4.79 Å². The lowest BCUT2D eigenvalue weighted by Gasteiger charge is -2.25. The standard InChI is InChI=1S/C18H17F3N2O2/c19-18(20,21)12-7-11(10-22)8-13(9-12)23-17(24)15-5-6-25-16-4-2-1-3-14(15)16/h1-4,7-9,15H,5-6,10,22H2,(H,23,24). The van der Waals surface area contributed by atoms with E-state index in [-0.39, 0.29) is 18.1 Å². The summed E-state index contributed by atoms with van der Waals surface area (Å²) in [5.41, 5.74) is 5.76.